The zero-order valence-corrected chi connectivity index (χ0v) is 13.8. The van der Waals surface area contributed by atoms with Gasteiger partial charge in [0.1, 0.15) is 0 Å². The van der Waals surface area contributed by atoms with E-state index in [4.69, 9.17) is 17.3 Å². The summed E-state index contributed by atoms with van der Waals surface area (Å²) in [4.78, 5) is 6.98. The monoisotopic (exact) mass is 321 g/mol. The molecule has 0 saturated carbocycles. The summed E-state index contributed by atoms with van der Waals surface area (Å²) in [5.74, 6) is 0. The van der Waals surface area contributed by atoms with Gasteiger partial charge < -0.3 is 5.73 Å². The van der Waals surface area contributed by atoms with Crippen molar-refractivity contribution in [3.05, 3.63) is 50.4 Å². The van der Waals surface area contributed by atoms with E-state index in [0.29, 0.717) is 12.6 Å². The van der Waals surface area contributed by atoms with Crippen LogP contribution in [-0.4, -0.2) is 23.0 Å². The van der Waals surface area contributed by atoms with E-state index >= 15 is 0 Å². The minimum Gasteiger partial charge on any atom is -0.329 e. The molecular formula is C16H20ClN3S. The molecule has 0 bridgehead atoms. The van der Waals surface area contributed by atoms with Crippen LogP contribution in [0.4, 0.5) is 0 Å². The Morgan fingerprint density at radius 1 is 1.48 bits per heavy atom. The van der Waals surface area contributed by atoms with Crippen molar-refractivity contribution >= 4 is 22.9 Å². The Balaban J connectivity index is 1.61. The lowest BCUT2D eigenvalue weighted by atomic mass is 10.1. The largest absolute Gasteiger partial charge is 0.329 e. The summed E-state index contributed by atoms with van der Waals surface area (Å²) >= 11 is 7.87. The van der Waals surface area contributed by atoms with Gasteiger partial charge in [0.05, 0.1) is 5.01 Å². The van der Waals surface area contributed by atoms with Gasteiger partial charge in [0.25, 0.3) is 0 Å². The number of aryl methyl sites for hydroxylation is 2. The smallest absolute Gasteiger partial charge is 0.0928 e. The van der Waals surface area contributed by atoms with Crippen molar-refractivity contribution in [2.45, 2.75) is 32.4 Å². The van der Waals surface area contributed by atoms with E-state index in [1.807, 2.05) is 13.0 Å². The van der Waals surface area contributed by atoms with Crippen molar-refractivity contribution < 1.29 is 0 Å². The molecule has 0 amide bonds. The van der Waals surface area contributed by atoms with Crippen molar-refractivity contribution in [1.29, 1.82) is 0 Å². The maximum Gasteiger partial charge on any atom is 0.0928 e. The number of hydrogen-bond donors (Lipinski definition) is 1. The molecule has 112 valence electrons. The first-order chi connectivity index (χ1) is 10.2. The first-order valence-corrected chi connectivity index (χ1v) is 8.56. The van der Waals surface area contributed by atoms with Crippen LogP contribution in [0, 0.1) is 6.92 Å². The Hall–Kier alpha value is -0.940. The first-order valence-electron chi connectivity index (χ1n) is 7.31. The molecule has 1 aromatic carbocycles. The number of rotatable bonds is 5. The summed E-state index contributed by atoms with van der Waals surface area (Å²) in [6.07, 6.45) is 2.16. The van der Waals surface area contributed by atoms with Crippen molar-refractivity contribution in [3.8, 4) is 0 Å². The van der Waals surface area contributed by atoms with E-state index < -0.39 is 0 Å². The normalized spacial score (nSPS) is 18.1. The third-order valence-electron chi connectivity index (χ3n) is 4.01. The number of fused-ring (bicyclic) bond motifs is 1. The molecule has 3 rings (SSSR count). The molecule has 0 fully saturated rings. The van der Waals surface area contributed by atoms with Crippen LogP contribution in [0.2, 0.25) is 5.02 Å². The zero-order chi connectivity index (χ0) is 14.8. The molecule has 3 nitrogen and oxygen atoms in total. The molecule has 2 N–H and O–H groups in total. The number of hydrogen-bond acceptors (Lipinski definition) is 4. The molecule has 1 aliphatic heterocycles. The summed E-state index contributed by atoms with van der Waals surface area (Å²) in [6.45, 7) is 4.72. The molecule has 21 heavy (non-hydrogen) atoms. The lowest BCUT2D eigenvalue weighted by Crippen LogP contribution is -2.29. The van der Waals surface area contributed by atoms with Gasteiger partial charge in [-0.1, -0.05) is 17.7 Å². The SMILES string of the molecule is Cc1csc(CCCN2Cc3ccc(Cl)cc3C2CN)n1. The number of nitrogens with zero attached hydrogens (tertiary/aromatic N) is 2. The maximum absolute atomic E-state index is 6.11. The molecule has 1 unspecified atom stereocenters. The number of thiazole rings is 1. The number of aromatic nitrogens is 1. The van der Waals surface area contributed by atoms with Crippen LogP contribution in [0.15, 0.2) is 23.6 Å². The highest BCUT2D eigenvalue weighted by molar-refractivity contribution is 7.09. The van der Waals surface area contributed by atoms with Gasteiger partial charge >= 0.3 is 0 Å². The fourth-order valence-corrected chi connectivity index (χ4v) is 4.01. The second-order valence-corrected chi connectivity index (χ2v) is 6.93. The minimum absolute atomic E-state index is 0.303. The third-order valence-corrected chi connectivity index (χ3v) is 5.27. The quantitative estimate of drug-likeness (QED) is 0.915. The fourth-order valence-electron chi connectivity index (χ4n) is 3.01. The van der Waals surface area contributed by atoms with E-state index in [-0.39, 0.29) is 0 Å². The summed E-state index contributed by atoms with van der Waals surface area (Å²) in [7, 11) is 0. The van der Waals surface area contributed by atoms with Crippen molar-refractivity contribution in [2.75, 3.05) is 13.1 Å². The second-order valence-electron chi connectivity index (χ2n) is 5.55. The highest BCUT2D eigenvalue weighted by Gasteiger charge is 2.28. The van der Waals surface area contributed by atoms with E-state index in [0.717, 1.165) is 36.6 Å². The van der Waals surface area contributed by atoms with Crippen LogP contribution in [0.1, 0.15) is 34.3 Å². The highest BCUT2D eigenvalue weighted by Crippen LogP contribution is 2.34. The lowest BCUT2D eigenvalue weighted by Gasteiger charge is -2.23. The van der Waals surface area contributed by atoms with Crippen molar-refractivity contribution in [2.24, 2.45) is 5.73 Å². The first kappa shape index (κ1) is 15.0. The molecule has 1 atom stereocenters. The number of nitrogens with two attached hydrogens (primary N) is 1. The van der Waals surface area contributed by atoms with Gasteiger partial charge in [-0.25, -0.2) is 4.98 Å². The summed E-state index contributed by atoms with van der Waals surface area (Å²) in [6, 6.07) is 6.47. The van der Waals surface area contributed by atoms with Gasteiger partial charge in [0.2, 0.25) is 0 Å². The molecule has 0 spiro atoms. The highest BCUT2D eigenvalue weighted by atomic mass is 35.5. The maximum atomic E-state index is 6.11. The van der Waals surface area contributed by atoms with E-state index in [9.17, 15) is 0 Å². The van der Waals surface area contributed by atoms with Crippen molar-refractivity contribution in [1.82, 2.24) is 9.88 Å². The average Bonchev–Trinajstić information content (AvgIpc) is 3.02. The topological polar surface area (TPSA) is 42.1 Å². The molecule has 0 aliphatic carbocycles. The predicted molar refractivity (Wildman–Crippen MR) is 88.8 cm³/mol. The van der Waals surface area contributed by atoms with Gasteiger partial charge in [0.15, 0.2) is 0 Å². The number of halogens is 1. The van der Waals surface area contributed by atoms with Crippen LogP contribution in [0.5, 0.6) is 0 Å². The average molecular weight is 322 g/mol. The van der Waals surface area contributed by atoms with E-state index in [1.54, 1.807) is 11.3 Å². The molecular weight excluding hydrogens is 302 g/mol. The summed E-state index contributed by atoms with van der Waals surface area (Å²) in [5.41, 5.74) is 9.77. The molecule has 0 radical (unpaired) electrons. The molecule has 1 aliphatic rings. The van der Waals surface area contributed by atoms with Crippen LogP contribution >= 0.6 is 22.9 Å². The van der Waals surface area contributed by atoms with Gasteiger partial charge in [-0.3, -0.25) is 4.90 Å². The molecule has 5 heteroatoms. The molecule has 2 heterocycles. The molecule has 2 aromatic rings. The standard InChI is InChI=1S/C16H20ClN3S/c1-11-10-21-16(19-11)3-2-6-20-9-12-4-5-13(17)7-14(12)15(20)8-18/h4-5,7,10,15H,2-3,6,8-9,18H2,1H3. The Morgan fingerprint density at radius 2 is 2.33 bits per heavy atom. The zero-order valence-electron chi connectivity index (χ0n) is 12.2. The molecule has 1 aromatic heterocycles. The lowest BCUT2D eigenvalue weighted by molar-refractivity contribution is 0.217. The Kier molecular flexibility index (Phi) is 4.60. The van der Waals surface area contributed by atoms with E-state index in [2.05, 4.69) is 27.4 Å². The Morgan fingerprint density at radius 3 is 3.05 bits per heavy atom. The van der Waals surface area contributed by atoms with Gasteiger partial charge in [-0.15, -0.1) is 11.3 Å². The Labute approximate surface area is 134 Å². The summed E-state index contributed by atoms with van der Waals surface area (Å²) in [5, 5.41) is 4.15. The van der Waals surface area contributed by atoms with Gasteiger partial charge in [-0.05, 0) is 43.1 Å². The van der Waals surface area contributed by atoms with Crippen LogP contribution in [-0.2, 0) is 13.0 Å². The van der Waals surface area contributed by atoms with Gasteiger partial charge in [0, 0.05) is 41.6 Å². The number of benzene rings is 1. The van der Waals surface area contributed by atoms with Crippen LogP contribution < -0.4 is 5.73 Å². The molecule has 0 saturated heterocycles. The summed E-state index contributed by atoms with van der Waals surface area (Å²) < 4.78 is 0. The minimum atomic E-state index is 0.303. The van der Waals surface area contributed by atoms with Crippen LogP contribution in [0.25, 0.3) is 0 Å². The second kappa shape index (κ2) is 6.44. The van der Waals surface area contributed by atoms with Crippen LogP contribution in [0.3, 0.4) is 0 Å². The van der Waals surface area contributed by atoms with Crippen molar-refractivity contribution in [3.63, 3.8) is 0 Å². The fraction of sp³-hybridized carbons (Fsp3) is 0.438. The van der Waals surface area contributed by atoms with E-state index in [1.165, 1.54) is 16.1 Å². The third kappa shape index (κ3) is 3.29. The van der Waals surface area contributed by atoms with Gasteiger partial charge in [-0.2, -0.15) is 0 Å². The predicted octanol–water partition coefficient (Wildman–Crippen LogP) is 3.55. The Bertz CT molecular complexity index is 626.